The lowest BCUT2D eigenvalue weighted by Gasteiger charge is -2.07. The topological polar surface area (TPSA) is 26.3 Å². The van der Waals surface area contributed by atoms with Crippen LogP contribution < -0.4 is 0 Å². The summed E-state index contributed by atoms with van der Waals surface area (Å²) in [6.45, 7) is 4.64. The minimum Gasteiger partial charge on any atom is -0.373 e. The summed E-state index contributed by atoms with van der Waals surface area (Å²) in [5.41, 5.74) is 0. The van der Waals surface area contributed by atoms with Crippen molar-refractivity contribution in [2.75, 3.05) is 13.2 Å². The molecule has 0 radical (unpaired) electrons. The first-order chi connectivity index (χ1) is 6.20. The van der Waals surface area contributed by atoms with Crippen LogP contribution in [0, 0.1) is 11.8 Å². The van der Waals surface area contributed by atoms with Gasteiger partial charge in [0.25, 0.3) is 0 Å². The number of rotatable bonds is 5. The van der Waals surface area contributed by atoms with Gasteiger partial charge in [-0.1, -0.05) is 38.2 Å². The molecular weight excluding hydrogens is 164 g/mol. The molecule has 13 heavy (non-hydrogen) atoms. The van der Waals surface area contributed by atoms with Crippen LogP contribution in [0.25, 0.3) is 0 Å². The highest BCUT2D eigenvalue weighted by Crippen LogP contribution is 2.08. The Balaban J connectivity index is 2.10. The van der Waals surface area contributed by atoms with Crippen molar-refractivity contribution in [3.63, 3.8) is 0 Å². The SMILES string of the molecule is CC(C)C(=O)COCC1C=CC=C1. The highest BCUT2D eigenvalue weighted by atomic mass is 16.5. The van der Waals surface area contributed by atoms with Crippen molar-refractivity contribution < 1.29 is 9.53 Å². The van der Waals surface area contributed by atoms with Crippen molar-refractivity contribution in [1.29, 1.82) is 0 Å². The van der Waals surface area contributed by atoms with Gasteiger partial charge in [0.2, 0.25) is 0 Å². The van der Waals surface area contributed by atoms with Gasteiger partial charge < -0.3 is 4.74 Å². The predicted octanol–water partition coefficient (Wildman–Crippen LogP) is 1.97. The zero-order valence-electron chi connectivity index (χ0n) is 8.19. The third-order valence-corrected chi connectivity index (χ3v) is 2.03. The van der Waals surface area contributed by atoms with E-state index in [9.17, 15) is 4.79 Å². The number of carbonyl (C=O) groups excluding carboxylic acids is 1. The Morgan fingerprint density at radius 2 is 2.00 bits per heavy atom. The van der Waals surface area contributed by atoms with Crippen LogP contribution in [0.15, 0.2) is 24.3 Å². The number of ether oxygens (including phenoxy) is 1. The molecule has 2 heteroatoms. The summed E-state index contributed by atoms with van der Waals surface area (Å²) in [4.78, 5) is 11.2. The Kier molecular flexibility index (Phi) is 3.90. The summed E-state index contributed by atoms with van der Waals surface area (Å²) in [6, 6.07) is 0. The van der Waals surface area contributed by atoms with Crippen molar-refractivity contribution in [3.8, 4) is 0 Å². The van der Waals surface area contributed by atoms with Gasteiger partial charge in [-0.25, -0.2) is 0 Å². The lowest BCUT2D eigenvalue weighted by molar-refractivity contribution is -0.126. The van der Waals surface area contributed by atoms with Crippen LogP contribution in [0.3, 0.4) is 0 Å². The standard InChI is InChI=1S/C11H16O2/c1-9(2)11(12)8-13-7-10-5-3-4-6-10/h3-6,9-10H,7-8H2,1-2H3. The quantitative estimate of drug-likeness (QED) is 0.646. The van der Waals surface area contributed by atoms with E-state index in [1.165, 1.54) is 0 Å². The summed E-state index contributed by atoms with van der Waals surface area (Å²) in [5.74, 6) is 0.612. The molecule has 0 aliphatic heterocycles. The Labute approximate surface area is 79.3 Å². The first kappa shape index (κ1) is 10.2. The van der Waals surface area contributed by atoms with Crippen LogP contribution >= 0.6 is 0 Å². The first-order valence-corrected chi connectivity index (χ1v) is 4.65. The fourth-order valence-electron chi connectivity index (χ4n) is 1.05. The molecule has 0 N–H and O–H groups in total. The third-order valence-electron chi connectivity index (χ3n) is 2.03. The van der Waals surface area contributed by atoms with E-state index in [4.69, 9.17) is 4.74 Å². The molecule has 0 aromatic heterocycles. The molecule has 0 bridgehead atoms. The minimum atomic E-state index is 0.0784. The molecule has 72 valence electrons. The Morgan fingerprint density at radius 1 is 1.38 bits per heavy atom. The van der Waals surface area contributed by atoms with Gasteiger partial charge in [0.05, 0.1) is 6.61 Å². The summed E-state index contributed by atoms with van der Waals surface area (Å²) in [6.07, 6.45) is 8.14. The molecule has 0 aromatic rings. The molecule has 0 fully saturated rings. The summed E-state index contributed by atoms with van der Waals surface area (Å²) in [5, 5.41) is 0. The highest BCUT2D eigenvalue weighted by Gasteiger charge is 2.09. The van der Waals surface area contributed by atoms with Gasteiger partial charge >= 0.3 is 0 Å². The first-order valence-electron chi connectivity index (χ1n) is 4.65. The number of hydrogen-bond donors (Lipinski definition) is 0. The summed E-state index contributed by atoms with van der Waals surface area (Å²) < 4.78 is 5.29. The second kappa shape index (κ2) is 4.97. The van der Waals surface area contributed by atoms with E-state index in [-0.39, 0.29) is 18.3 Å². The zero-order valence-corrected chi connectivity index (χ0v) is 8.19. The minimum absolute atomic E-state index is 0.0784. The molecule has 0 saturated heterocycles. The maximum atomic E-state index is 11.2. The molecule has 0 aromatic carbocycles. The second-order valence-corrected chi connectivity index (χ2v) is 3.57. The van der Waals surface area contributed by atoms with Gasteiger partial charge in [0, 0.05) is 11.8 Å². The van der Waals surface area contributed by atoms with E-state index in [0.29, 0.717) is 12.5 Å². The van der Waals surface area contributed by atoms with E-state index < -0.39 is 0 Å². The number of hydrogen-bond acceptors (Lipinski definition) is 2. The van der Waals surface area contributed by atoms with Gasteiger partial charge in [-0.3, -0.25) is 4.79 Å². The van der Waals surface area contributed by atoms with Crippen molar-refractivity contribution in [3.05, 3.63) is 24.3 Å². The molecule has 0 heterocycles. The maximum Gasteiger partial charge on any atom is 0.160 e. The number of ketones is 1. The van der Waals surface area contributed by atoms with Crippen molar-refractivity contribution in [2.45, 2.75) is 13.8 Å². The zero-order chi connectivity index (χ0) is 9.68. The Hall–Kier alpha value is -0.890. The molecule has 2 nitrogen and oxygen atoms in total. The molecule has 1 aliphatic rings. The van der Waals surface area contributed by atoms with Crippen LogP contribution in [0.2, 0.25) is 0 Å². The highest BCUT2D eigenvalue weighted by molar-refractivity contribution is 5.81. The predicted molar refractivity (Wildman–Crippen MR) is 52.4 cm³/mol. The molecule has 0 spiro atoms. The number of carbonyl (C=O) groups is 1. The Morgan fingerprint density at radius 3 is 2.54 bits per heavy atom. The molecule has 1 aliphatic carbocycles. The number of allylic oxidation sites excluding steroid dienone is 2. The molecular formula is C11H16O2. The van der Waals surface area contributed by atoms with Gasteiger partial charge in [-0.15, -0.1) is 0 Å². The summed E-state index contributed by atoms with van der Waals surface area (Å²) in [7, 11) is 0. The lowest BCUT2D eigenvalue weighted by atomic mass is 10.1. The van der Waals surface area contributed by atoms with Gasteiger partial charge in [-0.05, 0) is 0 Å². The van der Waals surface area contributed by atoms with Crippen LogP contribution in [0.5, 0.6) is 0 Å². The fraction of sp³-hybridized carbons (Fsp3) is 0.545. The van der Waals surface area contributed by atoms with Crippen LogP contribution in [-0.2, 0) is 9.53 Å². The average Bonchev–Trinajstić information content (AvgIpc) is 2.56. The Bertz CT molecular complexity index is 214. The molecule has 0 unspecified atom stereocenters. The van der Waals surface area contributed by atoms with E-state index in [1.807, 2.05) is 26.0 Å². The lowest BCUT2D eigenvalue weighted by Crippen LogP contribution is -2.16. The average molecular weight is 180 g/mol. The van der Waals surface area contributed by atoms with E-state index >= 15 is 0 Å². The smallest absolute Gasteiger partial charge is 0.160 e. The molecule has 0 saturated carbocycles. The molecule has 0 atom stereocenters. The molecule has 0 amide bonds. The van der Waals surface area contributed by atoms with E-state index in [0.717, 1.165) is 0 Å². The number of Topliss-reactive ketones (excluding diaryl/α,β-unsaturated/α-hetero) is 1. The van der Waals surface area contributed by atoms with E-state index in [2.05, 4.69) is 12.2 Å². The van der Waals surface area contributed by atoms with E-state index in [1.54, 1.807) is 0 Å². The normalized spacial score (nSPS) is 15.9. The fourth-order valence-corrected chi connectivity index (χ4v) is 1.05. The largest absolute Gasteiger partial charge is 0.373 e. The third kappa shape index (κ3) is 3.55. The monoisotopic (exact) mass is 180 g/mol. The van der Waals surface area contributed by atoms with Gasteiger partial charge in [-0.2, -0.15) is 0 Å². The maximum absolute atomic E-state index is 11.2. The van der Waals surface area contributed by atoms with Crippen LogP contribution in [0.4, 0.5) is 0 Å². The van der Waals surface area contributed by atoms with Crippen molar-refractivity contribution in [1.82, 2.24) is 0 Å². The summed E-state index contributed by atoms with van der Waals surface area (Å²) >= 11 is 0. The second-order valence-electron chi connectivity index (χ2n) is 3.57. The van der Waals surface area contributed by atoms with Crippen molar-refractivity contribution in [2.24, 2.45) is 11.8 Å². The van der Waals surface area contributed by atoms with Crippen LogP contribution in [0.1, 0.15) is 13.8 Å². The molecule has 1 rings (SSSR count). The van der Waals surface area contributed by atoms with Gasteiger partial charge in [0.1, 0.15) is 6.61 Å². The van der Waals surface area contributed by atoms with Crippen molar-refractivity contribution >= 4 is 5.78 Å². The van der Waals surface area contributed by atoms with Crippen LogP contribution in [-0.4, -0.2) is 19.0 Å². The van der Waals surface area contributed by atoms with Gasteiger partial charge in [0.15, 0.2) is 5.78 Å².